The summed E-state index contributed by atoms with van der Waals surface area (Å²) in [6, 6.07) is 5.52. The van der Waals surface area contributed by atoms with Gasteiger partial charge in [-0.15, -0.1) is 0 Å². The van der Waals surface area contributed by atoms with E-state index in [1.165, 1.54) is 0 Å². The van der Waals surface area contributed by atoms with Gasteiger partial charge >= 0.3 is 0 Å². The number of hydrogen-bond acceptors (Lipinski definition) is 5. The number of aromatic hydroxyl groups is 1. The van der Waals surface area contributed by atoms with E-state index in [-0.39, 0.29) is 17.9 Å². The normalized spacial score (nSPS) is 27.9. The molecule has 0 spiro atoms. The summed E-state index contributed by atoms with van der Waals surface area (Å²) >= 11 is 5.95. The fourth-order valence-corrected chi connectivity index (χ4v) is 3.57. The first-order valence-corrected chi connectivity index (χ1v) is 8.21. The first-order chi connectivity index (χ1) is 10.6. The third kappa shape index (κ3) is 3.73. The second-order valence-electron chi connectivity index (χ2n) is 6.09. The standard InChI is InChI=1S/C16H23ClN2O3/c17-13-9-12(1-2-15(13)20)10-18-4-3-14(16(21)11-18)19-5-7-22-8-6-19/h1-2,9,14,16,20-21H,3-8,10-11H2/t14-,16-/m1/s1. The maximum Gasteiger partial charge on any atom is 0.134 e. The summed E-state index contributed by atoms with van der Waals surface area (Å²) < 4.78 is 5.38. The van der Waals surface area contributed by atoms with Crippen LogP contribution < -0.4 is 0 Å². The van der Waals surface area contributed by atoms with Gasteiger partial charge in [0.1, 0.15) is 5.75 Å². The number of hydrogen-bond donors (Lipinski definition) is 2. The minimum atomic E-state index is -0.334. The summed E-state index contributed by atoms with van der Waals surface area (Å²) in [6.07, 6.45) is 0.631. The van der Waals surface area contributed by atoms with Crippen LogP contribution in [0.5, 0.6) is 5.75 Å². The summed E-state index contributed by atoms with van der Waals surface area (Å²) in [4.78, 5) is 4.59. The van der Waals surface area contributed by atoms with Crippen LogP contribution in [0.4, 0.5) is 0 Å². The van der Waals surface area contributed by atoms with Crippen molar-refractivity contribution in [2.24, 2.45) is 0 Å². The maximum atomic E-state index is 10.5. The molecule has 5 nitrogen and oxygen atoms in total. The van der Waals surface area contributed by atoms with Gasteiger partial charge in [-0.25, -0.2) is 0 Å². The molecule has 2 atom stereocenters. The smallest absolute Gasteiger partial charge is 0.134 e. The van der Waals surface area contributed by atoms with E-state index in [1.54, 1.807) is 12.1 Å². The van der Waals surface area contributed by atoms with E-state index >= 15 is 0 Å². The molecule has 2 aliphatic rings. The third-order valence-corrected chi connectivity index (χ3v) is 4.87. The highest BCUT2D eigenvalue weighted by Gasteiger charge is 2.32. The zero-order valence-electron chi connectivity index (χ0n) is 12.6. The van der Waals surface area contributed by atoms with Crippen molar-refractivity contribution in [3.05, 3.63) is 28.8 Å². The van der Waals surface area contributed by atoms with Gasteiger partial charge < -0.3 is 14.9 Å². The molecule has 2 fully saturated rings. The van der Waals surface area contributed by atoms with Crippen molar-refractivity contribution in [1.29, 1.82) is 0 Å². The minimum absolute atomic E-state index is 0.108. The molecule has 0 unspecified atom stereocenters. The van der Waals surface area contributed by atoms with Gasteiger partial charge in [0.2, 0.25) is 0 Å². The van der Waals surface area contributed by atoms with Crippen molar-refractivity contribution in [2.45, 2.75) is 25.1 Å². The van der Waals surface area contributed by atoms with Gasteiger partial charge in [-0.2, -0.15) is 0 Å². The van der Waals surface area contributed by atoms with Crippen LogP contribution in [0.1, 0.15) is 12.0 Å². The van der Waals surface area contributed by atoms with E-state index in [0.29, 0.717) is 11.6 Å². The number of likely N-dealkylation sites (tertiary alicyclic amines) is 1. The minimum Gasteiger partial charge on any atom is -0.506 e. The van der Waals surface area contributed by atoms with Crippen LogP contribution in [-0.2, 0) is 11.3 Å². The van der Waals surface area contributed by atoms with Gasteiger partial charge in [0.05, 0.1) is 24.3 Å². The molecule has 6 heteroatoms. The van der Waals surface area contributed by atoms with Gasteiger partial charge in [-0.05, 0) is 24.1 Å². The number of phenolic OH excluding ortho intramolecular Hbond substituents is 1. The van der Waals surface area contributed by atoms with Crippen LogP contribution in [0.25, 0.3) is 0 Å². The summed E-state index contributed by atoms with van der Waals surface area (Å²) in [5.41, 5.74) is 1.06. The number of rotatable bonds is 3. The highest BCUT2D eigenvalue weighted by atomic mass is 35.5. The van der Waals surface area contributed by atoms with E-state index in [1.807, 2.05) is 6.07 Å². The fourth-order valence-electron chi connectivity index (χ4n) is 3.37. The average molecular weight is 327 g/mol. The highest BCUT2D eigenvalue weighted by molar-refractivity contribution is 6.32. The third-order valence-electron chi connectivity index (χ3n) is 4.56. The lowest BCUT2D eigenvalue weighted by atomic mass is 9.99. The first-order valence-electron chi connectivity index (χ1n) is 7.83. The maximum absolute atomic E-state index is 10.5. The molecule has 0 amide bonds. The Morgan fingerprint density at radius 1 is 1.23 bits per heavy atom. The van der Waals surface area contributed by atoms with Crippen LogP contribution in [-0.4, -0.2) is 71.6 Å². The van der Waals surface area contributed by atoms with E-state index in [9.17, 15) is 10.2 Å². The number of benzene rings is 1. The molecule has 0 aromatic heterocycles. The van der Waals surface area contributed by atoms with Gasteiger partial charge in [0, 0.05) is 38.8 Å². The Balaban J connectivity index is 1.56. The van der Waals surface area contributed by atoms with E-state index in [2.05, 4.69) is 9.80 Å². The number of ether oxygens (including phenoxy) is 1. The second kappa shape index (κ2) is 7.15. The summed E-state index contributed by atoms with van der Waals surface area (Å²) in [6.45, 7) is 5.72. The number of nitrogens with zero attached hydrogens (tertiary/aromatic N) is 2. The summed E-state index contributed by atoms with van der Waals surface area (Å²) in [5.74, 6) is 0.108. The molecule has 0 saturated carbocycles. The molecular formula is C16H23ClN2O3. The Kier molecular flexibility index (Phi) is 5.21. The van der Waals surface area contributed by atoms with Crippen molar-refractivity contribution >= 4 is 11.6 Å². The SMILES string of the molecule is Oc1ccc(CN2CC[C@@H](N3CCOCC3)[C@H](O)C2)cc1Cl. The molecule has 1 aromatic carbocycles. The van der Waals surface area contributed by atoms with E-state index in [0.717, 1.165) is 51.4 Å². The molecule has 2 N–H and O–H groups in total. The van der Waals surface area contributed by atoms with Crippen molar-refractivity contribution in [3.63, 3.8) is 0 Å². The Hall–Kier alpha value is -0.850. The summed E-state index contributed by atoms with van der Waals surface area (Å²) in [5, 5.41) is 20.3. The lowest BCUT2D eigenvalue weighted by molar-refractivity contribution is -0.0534. The molecule has 2 saturated heterocycles. The van der Waals surface area contributed by atoms with Crippen LogP contribution >= 0.6 is 11.6 Å². The lowest BCUT2D eigenvalue weighted by Gasteiger charge is -2.43. The van der Waals surface area contributed by atoms with Crippen molar-refractivity contribution < 1.29 is 14.9 Å². The zero-order valence-corrected chi connectivity index (χ0v) is 13.4. The number of halogens is 1. The highest BCUT2D eigenvalue weighted by Crippen LogP contribution is 2.25. The topological polar surface area (TPSA) is 56.2 Å². The van der Waals surface area contributed by atoms with Crippen LogP contribution in [0, 0.1) is 0 Å². The largest absolute Gasteiger partial charge is 0.506 e. The predicted molar refractivity (Wildman–Crippen MR) is 85.2 cm³/mol. The van der Waals surface area contributed by atoms with Gasteiger partial charge in [0.25, 0.3) is 0 Å². The average Bonchev–Trinajstić information content (AvgIpc) is 2.52. The number of aliphatic hydroxyl groups excluding tert-OH is 1. The molecule has 0 aliphatic carbocycles. The van der Waals surface area contributed by atoms with Crippen LogP contribution in [0.2, 0.25) is 5.02 Å². The molecule has 0 radical (unpaired) electrons. The number of morpholine rings is 1. The van der Waals surface area contributed by atoms with E-state index in [4.69, 9.17) is 16.3 Å². The Morgan fingerprint density at radius 3 is 2.68 bits per heavy atom. The Morgan fingerprint density at radius 2 is 2.00 bits per heavy atom. The number of aliphatic hydroxyl groups is 1. The van der Waals surface area contributed by atoms with Gasteiger partial charge in [-0.3, -0.25) is 9.80 Å². The van der Waals surface area contributed by atoms with E-state index < -0.39 is 0 Å². The van der Waals surface area contributed by atoms with Gasteiger partial charge in [-0.1, -0.05) is 17.7 Å². The quantitative estimate of drug-likeness (QED) is 0.877. The van der Waals surface area contributed by atoms with Crippen LogP contribution in [0.15, 0.2) is 18.2 Å². The summed E-state index contributed by atoms with van der Waals surface area (Å²) in [7, 11) is 0. The van der Waals surface area contributed by atoms with Crippen LogP contribution in [0.3, 0.4) is 0 Å². The van der Waals surface area contributed by atoms with Crippen molar-refractivity contribution in [3.8, 4) is 5.75 Å². The zero-order chi connectivity index (χ0) is 15.5. The molecular weight excluding hydrogens is 304 g/mol. The molecule has 2 heterocycles. The molecule has 0 bridgehead atoms. The predicted octanol–water partition coefficient (Wildman–Crippen LogP) is 1.31. The molecule has 1 aromatic rings. The van der Waals surface area contributed by atoms with Crippen molar-refractivity contribution in [1.82, 2.24) is 9.80 Å². The Bertz CT molecular complexity index is 508. The second-order valence-corrected chi connectivity index (χ2v) is 6.50. The number of β-amino-alcohol motifs (C(OH)–C–C–N with tert-alkyl or cyclic N) is 1. The van der Waals surface area contributed by atoms with Gasteiger partial charge in [0.15, 0.2) is 0 Å². The molecule has 2 aliphatic heterocycles. The molecule has 122 valence electrons. The Labute approximate surface area is 136 Å². The fraction of sp³-hybridized carbons (Fsp3) is 0.625. The van der Waals surface area contributed by atoms with Crippen molar-refractivity contribution in [2.75, 3.05) is 39.4 Å². The monoisotopic (exact) mass is 326 g/mol. The first kappa shape index (κ1) is 16.0. The number of phenols is 1. The number of piperidine rings is 1. The lowest BCUT2D eigenvalue weighted by Crippen LogP contribution is -2.56. The molecule has 22 heavy (non-hydrogen) atoms. The molecule has 3 rings (SSSR count).